The zero-order valence-corrected chi connectivity index (χ0v) is 8.87. The van der Waals surface area contributed by atoms with E-state index in [4.69, 9.17) is 10.2 Å². The van der Waals surface area contributed by atoms with E-state index >= 15 is 0 Å². The maximum Gasteiger partial charge on any atom is 0.336 e. The average molecular weight is 226 g/mol. The normalized spacial score (nSPS) is 9.93. The molecular weight excluding hydrogens is 216 g/mol. The number of rotatable bonds is 4. The Morgan fingerprint density at radius 1 is 1.33 bits per heavy atom. The van der Waals surface area contributed by atoms with Crippen LogP contribution in [0.4, 0.5) is 0 Å². The van der Waals surface area contributed by atoms with Crippen molar-refractivity contribution >= 4 is 23.7 Å². The van der Waals surface area contributed by atoms with Gasteiger partial charge in [0.15, 0.2) is 0 Å². The Morgan fingerprint density at radius 2 is 2.00 bits per heavy atom. The minimum Gasteiger partial charge on any atom is -0.481 e. The van der Waals surface area contributed by atoms with Gasteiger partial charge in [0.05, 0.1) is 12.0 Å². The summed E-state index contributed by atoms with van der Waals surface area (Å²) in [4.78, 5) is 22.2. The number of carbonyl (C=O) groups is 2. The Balaban J connectivity index is 3.15. The summed E-state index contributed by atoms with van der Waals surface area (Å²) < 4.78 is 0. The highest BCUT2D eigenvalue weighted by Gasteiger charge is 2.13. The van der Waals surface area contributed by atoms with E-state index in [0.29, 0.717) is 5.56 Å². The maximum absolute atomic E-state index is 10.9. The highest BCUT2D eigenvalue weighted by molar-refractivity contribution is 7.98. The number of hydrogen-bond donors (Lipinski definition) is 2. The lowest BCUT2D eigenvalue weighted by Crippen LogP contribution is -2.07. The summed E-state index contributed by atoms with van der Waals surface area (Å²) in [6, 6.07) is 4.75. The first-order valence-corrected chi connectivity index (χ1v) is 5.39. The van der Waals surface area contributed by atoms with Gasteiger partial charge in [0.1, 0.15) is 0 Å². The molecule has 80 valence electrons. The fourth-order valence-electron chi connectivity index (χ4n) is 1.20. The number of hydrogen-bond acceptors (Lipinski definition) is 3. The van der Waals surface area contributed by atoms with E-state index in [1.165, 1.54) is 17.8 Å². The third-order valence-electron chi connectivity index (χ3n) is 1.89. The predicted octanol–water partition coefficient (Wildman–Crippen LogP) is 1.73. The maximum atomic E-state index is 10.9. The zero-order valence-electron chi connectivity index (χ0n) is 8.06. The summed E-state index contributed by atoms with van der Waals surface area (Å²) in [5.41, 5.74) is 0.386. The van der Waals surface area contributed by atoms with Crippen LogP contribution in [0.5, 0.6) is 0 Å². The molecule has 0 aromatic heterocycles. The second-order valence-corrected chi connectivity index (χ2v) is 3.78. The van der Waals surface area contributed by atoms with Crippen LogP contribution >= 0.6 is 11.8 Å². The molecule has 0 fully saturated rings. The van der Waals surface area contributed by atoms with E-state index in [1.54, 1.807) is 12.1 Å². The average Bonchev–Trinajstić information content (AvgIpc) is 2.17. The molecule has 0 aliphatic rings. The molecule has 0 saturated heterocycles. The van der Waals surface area contributed by atoms with Crippen molar-refractivity contribution in [3.8, 4) is 0 Å². The van der Waals surface area contributed by atoms with Crippen molar-refractivity contribution in [2.75, 3.05) is 6.26 Å². The fourth-order valence-corrected chi connectivity index (χ4v) is 1.64. The summed E-state index contributed by atoms with van der Waals surface area (Å²) in [5.74, 6) is -2.13. The topological polar surface area (TPSA) is 74.6 Å². The molecule has 0 aliphatic heterocycles. The third kappa shape index (κ3) is 2.99. The minimum atomic E-state index is -1.10. The van der Waals surface area contributed by atoms with Crippen LogP contribution in [-0.2, 0) is 11.2 Å². The Labute approximate surface area is 90.9 Å². The molecule has 15 heavy (non-hydrogen) atoms. The van der Waals surface area contributed by atoms with Crippen LogP contribution in [0.15, 0.2) is 23.1 Å². The van der Waals surface area contributed by atoms with E-state index in [1.807, 2.05) is 6.26 Å². The quantitative estimate of drug-likeness (QED) is 0.765. The molecule has 5 heteroatoms. The van der Waals surface area contributed by atoms with Crippen LogP contribution in [-0.4, -0.2) is 28.4 Å². The van der Waals surface area contributed by atoms with Gasteiger partial charge < -0.3 is 10.2 Å². The van der Waals surface area contributed by atoms with Gasteiger partial charge in [0, 0.05) is 4.90 Å². The number of benzene rings is 1. The van der Waals surface area contributed by atoms with E-state index in [-0.39, 0.29) is 12.0 Å². The first-order valence-electron chi connectivity index (χ1n) is 4.16. The Bertz CT molecular complexity index is 400. The van der Waals surface area contributed by atoms with Crippen LogP contribution in [0.2, 0.25) is 0 Å². The highest BCUT2D eigenvalue weighted by atomic mass is 32.2. The van der Waals surface area contributed by atoms with E-state index in [0.717, 1.165) is 4.90 Å². The van der Waals surface area contributed by atoms with Crippen LogP contribution in [0.1, 0.15) is 15.9 Å². The molecule has 0 aliphatic carbocycles. The van der Waals surface area contributed by atoms with Crippen molar-refractivity contribution < 1.29 is 19.8 Å². The molecule has 1 aromatic rings. The number of aromatic carboxylic acids is 1. The van der Waals surface area contributed by atoms with Gasteiger partial charge in [-0.25, -0.2) is 4.79 Å². The Morgan fingerprint density at radius 3 is 2.47 bits per heavy atom. The van der Waals surface area contributed by atoms with Crippen molar-refractivity contribution in [3.05, 3.63) is 29.3 Å². The summed E-state index contributed by atoms with van der Waals surface area (Å²) >= 11 is 1.42. The molecule has 0 bridgehead atoms. The van der Waals surface area contributed by atoms with Gasteiger partial charge in [0.25, 0.3) is 0 Å². The van der Waals surface area contributed by atoms with Crippen LogP contribution < -0.4 is 0 Å². The number of thioether (sulfide) groups is 1. The predicted molar refractivity (Wildman–Crippen MR) is 56.5 cm³/mol. The summed E-state index contributed by atoms with van der Waals surface area (Å²) in [6.07, 6.45) is 1.56. The highest BCUT2D eigenvalue weighted by Crippen LogP contribution is 2.20. The SMILES string of the molecule is CSc1ccc(CC(=O)O)c(C(=O)O)c1. The first kappa shape index (κ1) is 11.6. The van der Waals surface area contributed by atoms with Crippen LogP contribution in [0, 0.1) is 0 Å². The second-order valence-electron chi connectivity index (χ2n) is 2.90. The molecule has 0 unspecified atom stereocenters. The Hall–Kier alpha value is -1.49. The lowest BCUT2D eigenvalue weighted by Gasteiger charge is -2.05. The van der Waals surface area contributed by atoms with Crippen molar-refractivity contribution in [3.63, 3.8) is 0 Å². The lowest BCUT2D eigenvalue weighted by molar-refractivity contribution is -0.136. The number of carboxylic acids is 2. The molecule has 0 amide bonds. The van der Waals surface area contributed by atoms with E-state index in [2.05, 4.69) is 0 Å². The molecule has 1 rings (SSSR count). The van der Waals surface area contributed by atoms with Gasteiger partial charge in [-0.3, -0.25) is 4.79 Å². The van der Waals surface area contributed by atoms with Gasteiger partial charge in [0.2, 0.25) is 0 Å². The molecular formula is C10H10O4S. The van der Waals surface area contributed by atoms with Crippen LogP contribution in [0.25, 0.3) is 0 Å². The van der Waals surface area contributed by atoms with Crippen molar-refractivity contribution in [1.29, 1.82) is 0 Å². The van der Waals surface area contributed by atoms with Gasteiger partial charge in [-0.1, -0.05) is 6.07 Å². The summed E-state index contributed by atoms with van der Waals surface area (Å²) in [6.45, 7) is 0. The van der Waals surface area contributed by atoms with Crippen LogP contribution in [0.3, 0.4) is 0 Å². The molecule has 1 aromatic carbocycles. The second kappa shape index (κ2) is 4.84. The van der Waals surface area contributed by atoms with Gasteiger partial charge in [-0.15, -0.1) is 11.8 Å². The monoisotopic (exact) mass is 226 g/mol. The van der Waals surface area contributed by atoms with E-state index < -0.39 is 11.9 Å². The summed E-state index contributed by atoms with van der Waals surface area (Å²) in [5, 5.41) is 17.5. The molecule has 0 saturated carbocycles. The number of carboxylic acid groups (broad SMARTS) is 2. The Kier molecular flexibility index (Phi) is 3.74. The largest absolute Gasteiger partial charge is 0.481 e. The van der Waals surface area contributed by atoms with Gasteiger partial charge in [-0.2, -0.15) is 0 Å². The van der Waals surface area contributed by atoms with E-state index in [9.17, 15) is 9.59 Å². The first-order chi connectivity index (χ1) is 7.04. The van der Waals surface area contributed by atoms with Crippen molar-refractivity contribution in [2.24, 2.45) is 0 Å². The van der Waals surface area contributed by atoms with Crippen molar-refractivity contribution in [1.82, 2.24) is 0 Å². The third-order valence-corrected chi connectivity index (χ3v) is 2.61. The number of aliphatic carboxylic acids is 1. The molecule has 0 atom stereocenters. The molecule has 4 nitrogen and oxygen atoms in total. The lowest BCUT2D eigenvalue weighted by atomic mass is 10.1. The zero-order chi connectivity index (χ0) is 11.4. The standard InChI is InChI=1S/C10H10O4S/c1-15-7-3-2-6(4-9(11)12)8(5-7)10(13)14/h2-3,5H,4H2,1H3,(H,11,12)(H,13,14). The van der Waals surface area contributed by atoms with Gasteiger partial charge >= 0.3 is 11.9 Å². The minimum absolute atomic E-state index is 0.0595. The van der Waals surface area contributed by atoms with Gasteiger partial charge in [-0.05, 0) is 24.0 Å². The molecule has 2 N–H and O–H groups in total. The molecule has 0 spiro atoms. The smallest absolute Gasteiger partial charge is 0.336 e. The van der Waals surface area contributed by atoms with Crippen molar-refractivity contribution in [2.45, 2.75) is 11.3 Å². The summed E-state index contributed by atoms with van der Waals surface area (Å²) in [7, 11) is 0. The molecule has 0 radical (unpaired) electrons. The fraction of sp³-hybridized carbons (Fsp3) is 0.200. The molecule has 0 heterocycles.